The summed E-state index contributed by atoms with van der Waals surface area (Å²) in [6.07, 6.45) is 4.68. The van der Waals surface area contributed by atoms with E-state index in [-0.39, 0.29) is 24.6 Å². The highest BCUT2D eigenvalue weighted by Gasteiger charge is 2.53. The van der Waals surface area contributed by atoms with Gasteiger partial charge in [0.25, 0.3) is 0 Å². The van der Waals surface area contributed by atoms with Gasteiger partial charge in [0.1, 0.15) is 18.8 Å². The van der Waals surface area contributed by atoms with Crippen molar-refractivity contribution in [1.29, 1.82) is 1.43 Å². The summed E-state index contributed by atoms with van der Waals surface area (Å²) >= 11 is 0. The van der Waals surface area contributed by atoms with Gasteiger partial charge in [-0.1, -0.05) is 66.9 Å². The Bertz CT molecular complexity index is 912. The summed E-state index contributed by atoms with van der Waals surface area (Å²) < 4.78 is 38.0. The Balaban J connectivity index is 2.19. The van der Waals surface area contributed by atoms with Crippen LogP contribution in [0.5, 0.6) is 0 Å². The number of carbonyl (C=O) groups excluding carboxylic acids is 1. The maximum atomic E-state index is 13.0. The number of aliphatic hydroxyl groups is 1. The first-order valence-electron chi connectivity index (χ1n) is 14.5. The van der Waals surface area contributed by atoms with Gasteiger partial charge in [-0.25, -0.2) is 0 Å². The predicted octanol–water partition coefficient (Wildman–Crippen LogP) is 5.68. The van der Waals surface area contributed by atoms with Crippen molar-refractivity contribution >= 4 is 14.1 Å². The number of unbranched alkanes of at least 4 members (excludes halogenated alkanes) is 1. The van der Waals surface area contributed by atoms with Crippen LogP contribution in [-0.2, 0) is 28.2 Å². The summed E-state index contributed by atoms with van der Waals surface area (Å²) in [6.45, 7) is 19.7. The highest BCUT2D eigenvalue weighted by Crippen LogP contribution is 2.43. The molecule has 0 fully saturated rings. The van der Waals surface area contributed by atoms with Crippen LogP contribution < -0.4 is 0 Å². The molecule has 1 heterocycles. The molecule has 2 aliphatic rings. The monoisotopic (exact) mass is 551 g/mol. The molecular formula is C30H50O7Si. The fourth-order valence-corrected chi connectivity index (χ4v) is 11.2. The van der Waals surface area contributed by atoms with Gasteiger partial charge < -0.3 is 28.5 Å². The second kappa shape index (κ2) is 14.2. The predicted molar refractivity (Wildman–Crippen MR) is 152 cm³/mol. The minimum absolute atomic E-state index is 0.0191. The molecule has 0 saturated heterocycles. The van der Waals surface area contributed by atoms with E-state index in [2.05, 4.69) is 60.3 Å². The summed E-state index contributed by atoms with van der Waals surface area (Å²) in [6, 6.07) is 0. The molecule has 0 saturated carbocycles. The van der Waals surface area contributed by atoms with Crippen LogP contribution in [0.3, 0.4) is 0 Å². The summed E-state index contributed by atoms with van der Waals surface area (Å²) in [5.41, 5.74) is 0.194. The lowest BCUT2D eigenvalue weighted by atomic mass is 9.76. The first-order chi connectivity index (χ1) is 18.4. The standard InChI is InChI=1S/C30H50O7Si/c1-11-12-14-24-28(31)30(32,29(24)36-20(2)3)17-13-18-34-25-15-16-27(33-10)37-26(25)19-35-38(21(4)5,22(6)7)23(8)9/h15-16,20-23,25-27,32H,11-12,14,18-19H2,1-10H3/t25-,26+,27-,30?/m0/s1/i32D. The van der Waals surface area contributed by atoms with E-state index in [0.717, 1.165) is 12.8 Å². The van der Waals surface area contributed by atoms with Crippen molar-refractivity contribution in [3.8, 4) is 11.8 Å². The van der Waals surface area contributed by atoms with Crippen LogP contribution in [0.4, 0.5) is 0 Å². The molecule has 0 amide bonds. The molecule has 2 rings (SSSR count). The van der Waals surface area contributed by atoms with E-state index in [9.17, 15) is 4.79 Å². The topological polar surface area (TPSA) is 83.5 Å². The van der Waals surface area contributed by atoms with E-state index in [0.29, 0.717) is 41.0 Å². The molecule has 0 spiro atoms. The third kappa shape index (κ3) is 7.18. The number of hydrogen-bond acceptors (Lipinski definition) is 7. The number of carbonyl (C=O) groups is 1. The van der Waals surface area contributed by atoms with E-state index >= 15 is 0 Å². The summed E-state index contributed by atoms with van der Waals surface area (Å²) in [4.78, 5) is 13.0. The molecule has 1 unspecified atom stereocenters. The lowest BCUT2D eigenvalue weighted by Crippen LogP contribution is -2.51. The molecule has 0 aromatic heterocycles. The minimum atomic E-state index is -2.11. The zero-order chi connectivity index (χ0) is 29.4. The highest BCUT2D eigenvalue weighted by molar-refractivity contribution is 6.77. The van der Waals surface area contributed by atoms with E-state index in [1.807, 2.05) is 26.0 Å². The van der Waals surface area contributed by atoms with Crippen LogP contribution in [0.2, 0.25) is 16.6 Å². The Labute approximate surface area is 232 Å². The largest absolute Gasteiger partial charge is 0.490 e. The second-order valence-corrected chi connectivity index (χ2v) is 16.9. The highest BCUT2D eigenvalue weighted by atomic mass is 28.4. The molecule has 7 nitrogen and oxygen atoms in total. The van der Waals surface area contributed by atoms with Gasteiger partial charge in [-0.05, 0) is 55.3 Å². The zero-order valence-corrected chi connectivity index (χ0v) is 26.1. The molecule has 0 aromatic carbocycles. The summed E-state index contributed by atoms with van der Waals surface area (Å²) in [7, 11) is -0.505. The van der Waals surface area contributed by atoms with E-state index < -0.39 is 26.3 Å². The van der Waals surface area contributed by atoms with Crippen molar-refractivity contribution < 1.29 is 33.3 Å². The summed E-state index contributed by atoms with van der Waals surface area (Å²) in [5, 5.41) is 4.91. The molecule has 38 heavy (non-hydrogen) atoms. The first-order valence-corrected chi connectivity index (χ1v) is 16.3. The van der Waals surface area contributed by atoms with Gasteiger partial charge in [0.15, 0.2) is 20.4 Å². The van der Waals surface area contributed by atoms with Crippen LogP contribution in [0, 0.1) is 11.8 Å². The fraction of sp³-hybridized carbons (Fsp3) is 0.767. The van der Waals surface area contributed by atoms with Crippen LogP contribution in [0.15, 0.2) is 23.5 Å². The smallest absolute Gasteiger partial charge is 0.247 e. The maximum Gasteiger partial charge on any atom is 0.247 e. The van der Waals surface area contributed by atoms with Crippen LogP contribution in [0.1, 0.15) is 81.6 Å². The van der Waals surface area contributed by atoms with E-state index in [1.54, 1.807) is 7.11 Å². The Morgan fingerprint density at radius 3 is 2.32 bits per heavy atom. The van der Waals surface area contributed by atoms with Gasteiger partial charge in [0.05, 0.1) is 12.7 Å². The number of rotatable bonds is 15. The quantitative estimate of drug-likeness (QED) is 0.159. The Morgan fingerprint density at radius 2 is 1.79 bits per heavy atom. The molecule has 1 aliphatic heterocycles. The van der Waals surface area contributed by atoms with Crippen molar-refractivity contribution in [3.63, 3.8) is 0 Å². The lowest BCUT2D eigenvalue weighted by molar-refractivity contribution is -0.173. The van der Waals surface area contributed by atoms with Crippen LogP contribution in [0.25, 0.3) is 0 Å². The van der Waals surface area contributed by atoms with Crippen molar-refractivity contribution in [2.24, 2.45) is 0 Å². The van der Waals surface area contributed by atoms with Gasteiger partial charge in [0.2, 0.25) is 12.8 Å². The third-order valence-corrected chi connectivity index (χ3v) is 13.6. The maximum absolute atomic E-state index is 13.0. The molecule has 0 radical (unpaired) electrons. The molecule has 1 N–H and O–H groups in total. The molecule has 1 aliphatic carbocycles. The minimum Gasteiger partial charge on any atom is -0.490 e. The first kappa shape index (κ1) is 31.1. The molecule has 8 heteroatoms. The zero-order valence-electron chi connectivity index (χ0n) is 26.1. The number of hydrogen-bond donors (Lipinski definition) is 1. The van der Waals surface area contributed by atoms with E-state index in [4.69, 9.17) is 29.9 Å². The molecule has 0 aromatic rings. The van der Waals surface area contributed by atoms with Crippen LogP contribution >= 0.6 is 0 Å². The van der Waals surface area contributed by atoms with Crippen LogP contribution in [-0.4, -0.2) is 71.2 Å². The second-order valence-electron chi connectivity index (χ2n) is 11.5. The normalized spacial score (nSPS) is 26.2. The van der Waals surface area contributed by atoms with Gasteiger partial charge in [-0.2, -0.15) is 0 Å². The number of methoxy groups -OCH3 is 1. The van der Waals surface area contributed by atoms with Gasteiger partial charge in [-0.15, -0.1) is 0 Å². The number of Topliss-reactive ketones (excluding diaryl/α,β-unsaturated/α-hetero) is 1. The Kier molecular flexibility index (Phi) is 11.6. The van der Waals surface area contributed by atoms with Gasteiger partial charge in [0, 0.05) is 12.7 Å². The van der Waals surface area contributed by atoms with Crippen molar-refractivity contribution in [3.05, 3.63) is 23.5 Å². The number of ether oxygens (including phenoxy) is 4. The average molecular weight is 552 g/mol. The van der Waals surface area contributed by atoms with Crippen molar-refractivity contribution in [1.82, 2.24) is 0 Å². The molecule has 4 atom stereocenters. The third-order valence-electron chi connectivity index (χ3n) is 7.50. The molecule has 216 valence electrons. The van der Waals surface area contributed by atoms with Gasteiger partial charge >= 0.3 is 0 Å². The average Bonchev–Trinajstić information content (AvgIpc) is 2.88. The molecular weight excluding hydrogens is 500 g/mol. The van der Waals surface area contributed by atoms with Crippen molar-refractivity contribution in [2.45, 2.75) is 128 Å². The Morgan fingerprint density at radius 1 is 1.13 bits per heavy atom. The fourth-order valence-electron chi connectivity index (χ4n) is 5.73. The Hall–Kier alpha value is -1.47. The number of ketones is 1. The van der Waals surface area contributed by atoms with Gasteiger partial charge in [-0.3, -0.25) is 4.79 Å². The van der Waals surface area contributed by atoms with Crippen molar-refractivity contribution in [2.75, 3.05) is 20.3 Å². The van der Waals surface area contributed by atoms with E-state index in [1.165, 1.54) is 0 Å². The molecule has 0 bridgehead atoms. The lowest BCUT2D eigenvalue weighted by Gasteiger charge is -2.43. The SMILES string of the molecule is [2H]OC1(C#CCO[C@H]2C=C[C@@H](OC)O[C@@H]2CO[Si](C(C)C)(C(C)C)C(C)C)C(=O)C(CCCC)=C1OC(C)C. The summed E-state index contributed by atoms with van der Waals surface area (Å²) in [5.74, 6) is 5.79.